The van der Waals surface area contributed by atoms with Crippen LogP contribution in [0, 0.1) is 0 Å². The van der Waals surface area contributed by atoms with Gasteiger partial charge in [0.2, 0.25) is 5.91 Å². The largest absolute Gasteiger partial charge is 0.352 e. The minimum atomic E-state index is -0.398. The number of anilines is 1. The summed E-state index contributed by atoms with van der Waals surface area (Å²) in [6.07, 6.45) is 1.94. The van der Waals surface area contributed by atoms with Gasteiger partial charge < -0.3 is 16.0 Å². The van der Waals surface area contributed by atoms with E-state index >= 15 is 0 Å². The number of urea groups is 1. The van der Waals surface area contributed by atoms with Crippen LogP contribution in [-0.4, -0.2) is 24.5 Å². The van der Waals surface area contributed by atoms with Crippen molar-refractivity contribution in [2.45, 2.75) is 32.7 Å². The lowest BCUT2D eigenvalue weighted by Crippen LogP contribution is -2.42. The van der Waals surface area contributed by atoms with E-state index in [0.717, 1.165) is 17.3 Å². The molecule has 0 radical (unpaired) electrons. The van der Waals surface area contributed by atoms with Gasteiger partial charge in [-0.05, 0) is 37.6 Å². The first-order valence-electron chi connectivity index (χ1n) is 6.61. The molecule has 1 unspecified atom stereocenters. The van der Waals surface area contributed by atoms with Gasteiger partial charge in [0.05, 0.1) is 6.54 Å². The Morgan fingerprint density at radius 2 is 1.90 bits per heavy atom. The second-order valence-electron chi connectivity index (χ2n) is 4.57. The lowest BCUT2D eigenvalue weighted by molar-refractivity contribution is -0.120. The molecule has 3 amide bonds. The minimum Gasteiger partial charge on any atom is -0.352 e. The lowest BCUT2D eigenvalue weighted by atomic mass is 10.2. The maximum atomic E-state index is 11.6. The van der Waals surface area contributed by atoms with Crippen molar-refractivity contribution in [3.63, 3.8) is 0 Å². The first-order valence-corrected chi connectivity index (χ1v) is 7.40. The van der Waals surface area contributed by atoms with E-state index in [-0.39, 0.29) is 18.5 Å². The van der Waals surface area contributed by atoms with Gasteiger partial charge in [0, 0.05) is 16.2 Å². The average Bonchev–Trinajstić information content (AvgIpc) is 2.39. The number of benzene rings is 1. The van der Waals surface area contributed by atoms with E-state index in [1.54, 1.807) is 12.1 Å². The van der Waals surface area contributed by atoms with Gasteiger partial charge in [-0.2, -0.15) is 0 Å². The molecule has 110 valence electrons. The molecule has 1 aromatic rings. The van der Waals surface area contributed by atoms with Crippen LogP contribution in [0.3, 0.4) is 0 Å². The van der Waals surface area contributed by atoms with Crippen molar-refractivity contribution in [2.75, 3.05) is 11.9 Å². The third kappa shape index (κ3) is 6.56. The van der Waals surface area contributed by atoms with Gasteiger partial charge in [-0.15, -0.1) is 0 Å². The van der Waals surface area contributed by atoms with E-state index in [9.17, 15) is 9.59 Å². The van der Waals surface area contributed by atoms with Crippen LogP contribution in [0.1, 0.15) is 26.7 Å². The smallest absolute Gasteiger partial charge is 0.319 e. The fourth-order valence-corrected chi connectivity index (χ4v) is 1.96. The normalized spacial score (nSPS) is 11.6. The summed E-state index contributed by atoms with van der Waals surface area (Å²) in [5.41, 5.74) is 0.672. The summed E-state index contributed by atoms with van der Waals surface area (Å²) in [4.78, 5) is 23.2. The molecule has 1 atom stereocenters. The lowest BCUT2D eigenvalue weighted by Gasteiger charge is -2.13. The van der Waals surface area contributed by atoms with Gasteiger partial charge in [0.25, 0.3) is 0 Å². The number of rotatable bonds is 6. The highest BCUT2D eigenvalue weighted by Crippen LogP contribution is 2.13. The highest BCUT2D eigenvalue weighted by atomic mass is 79.9. The Bertz CT molecular complexity index is 448. The topological polar surface area (TPSA) is 70.2 Å². The molecule has 1 aromatic carbocycles. The van der Waals surface area contributed by atoms with E-state index in [2.05, 4.69) is 38.8 Å². The minimum absolute atomic E-state index is 0.0313. The zero-order chi connectivity index (χ0) is 15.0. The van der Waals surface area contributed by atoms with E-state index in [0.29, 0.717) is 5.69 Å². The summed E-state index contributed by atoms with van der Waals surface area (Å²) in [6, 6.07) is 6.93. The molecule has 5 nitrogen and oxygen atoms in total. The molecule has 0 aliphatic carbocycles. The Morgan fingerprint density at radius 3 is 2.50 bits per heavy atom. The van der Waals surface area contributed by atoms with Crippen molar-refractivity contribution in [1.82, 2.24) is 10.6 Å². The van der Waals surface area contributed by atoms with Crippen molar-refractivity contribution in [2.24, 2.45) is 0 Å². The van der Waals surface area contributed by atoms with E-state index in [1.807, 2.05) is 19.1 Å². The molecule has 0 fully saturated rings. The Labute approximate surface area is 127 Å². The highest BCUT2D eigenvalue weighted by molar-refractivity contribution is 9.10. The number of carbonyl (C=O) groups is 2. The second-order valence-corrected chi connectivity index (χ2v) is 5.49. The Balaban J connectivity index is 2.29. The van der Waals surface area contributed by atoms with Crippen molar-refractivity contribution in [3.05, 3.63) is 28.7 Å². The molecule has 0 spiro atoms. The van der Waals surface area contributed by atoms with Crippen molar-refractivity contribution < 1.29 is 9.59 Å². The third-order valence-electron chi connectivity index (χ3n) is 2.64. The van der Waals surface area contributed by atoms with Gasteiger partial charge in [-0.1, -0.05) is 29.3 Å². The summed E-state index contributed by atoms with van der Waals surface area (Å²) in [6.45, 7) is 3.98. The number of nitrogens with one attached hydrogen (secondary N) is 3. The highest BCUT2D eigenvalue weighted by Gasteiger charge is 2.08. The molecule has 3 N–H and O–H groups in total. The van der Waals surface area contributed by atoms with Crippen LogP contribution in [0.4, 0.5) is 10.5 Å². The predicted molar refractivity (Wildman–Crippen MR) is 83.7 cm³/mol. The molecule has 0 aliphatic heterocycles. The number of hydrogen-bond acceptors (Lipinski definition) is 2. The van der Waals surface area contributed by atoms with Crippen LogP contribution in [0.15, 0.2) is 28.7 Å². The maximum absolute atomic E-state index is 11.6. The van der Waals surface area contributed by atoms with Crippen LogP contribution in [0.2, 0.25) is 0 Å². The van der Waals surface area contributed by atoms with Gasteiger partial charge >= 0.3 is 6.03 Å². The first-order chi connectivity index (χ1) is 9.51. The van der Waals surface area contributed by atoms with Crippen LogP contribution in [0.5, 0.6) is 0 Å². The molecule has 0 saturated carbocycles. The molecule has 20 heavy (non-hydrogen) atoms. The van der Waals surface area contributed by atoms with Gasteiger partial charge in [-0.3, -0.25) is 4.79 Å². The monoisotopic (exact) mass is 341 g/mol. The van der Waals surface area contributed by atoms with Crippen molar-refractivity contribution in [1.29, 1.82) is 0 Å². The fraction of sp³-hybridized carbons (Fsp3) is 0.429. The average molecular weight is 342 g/mol. The SMILES string of the molecule is CCCC(C)NC(=O)CNC(=O)Nc1ccc(Br)cc1. The van der Waals surface area contributed by atoms with Crippen molar-refractivity contribution >= 4 is 33.6 Å². The van der Waals surface area contributed by atoms with Crippen LogP contribution in [-0.2, 0) is 4.79 Å². The van der Waals surface area contributed by atoms with Crippen molar-refractivity contribution in [3.8, 4) is 0 Å². The molecule has 6 heteroatoms. The molecule has 0 bridgehead atoms. The molecule has 0 heterocycles. The number of amides is 3. The predicted octanol–water partition coefficient (Wildman–Crippen LogP) is 2.88. The summed E-state index contributed by atoms with van der Waals surface area (Å²) >= 11 is 3.32. The number of carbonyl (C=O) groups excluding carboxylic acids is 2. The second kappa shape index (κ2) is 8.58. The van der Waals surface area contributed by atoms with Gasteiger partial charge in [-0.25, -0.2) is 4.79 Å². The fourth-order valence-electron chi connectivity index (χ4n) is 1.70. The van der Waals surface area contributed by atoms with E-state index < -0.39 is 6.03 Å². The zero-order valence-electron chi connectivity index (χ0n) is 11.7. The summed E-state index contributed by atoms with van der Waals surface area (Å²) < 4.78 is 0.938. The van der Waals surface area contributed by atoms with E-state index in [4.69, 9.17) is 0 Å². The maximum Gasteiger partial charge on any atom is 0.319 e. The van der Waals surface area contributed by atoms with Crippen LogP contribution < -0.4 is 16.0 Å². The van der Waals surface area contributed by atoms with Crippen LogP contribution >= 0.6 is 15.9 Å². The van der Waals surface area contributed by atoms with Gasteiger partial charge in [0.1, 0.15) is 0 Å². The Hall–Kier alpha value is -1.56. The first kappa shape index (κ1) is 16.5. The molecule has 0 aromatic heterocycles. The number of hydrogen-bond donors (Lipinski definition) is 3. The third-order valence-corrected chi connectivity index (χ3v) is 3.17. The Kier molecular flexibility index (Phi) is 7.08. The molecule has 0 saturated heterocycles. The molecule has 1 rings (SSSR count). The zero-order valence-corrected chi connectivity index (χ0v) is 13.3. The number of halogens is 1. The molecule has 0 aliphatic rings. The standard InChI is InChI=1S/C14H20BrN3O2/c1-3-4-10(2)17-13(19)9-16-14(20)18-12-7-5-11(15)6-8-12/h5-8,10H,3-4,9H2,1-2H3,(H,17,19)(H2,16,18,20). The van der Waals surface area contributed by atoms with E-state index in [1.165, 1.54) is 0 Å². The quantitative estimate of drug-likeness (QED) is 0.744. The molecular weight excluding hydrogens is 322 g/mol. The summed E-state index contributed by atoms with van der Waals surface area (Å²) in [5.74, 6) is -0.183. The molecular formula is C14H20BrN3O2. The Morgan fingerprint density at radius 1 is 1.25 bits per heavy atom. The summed E-state index contributed by atoms with van der Waals surface area (Å²) in [5, 5.41) is 7.99. The van der Waals surface area contributed by atoms with Crippen LogP contribution in [0.25, 0.3) is 0 Å². The summed E-state index contributed by atoms with van der Waals surface area (Å²) in [7, 11) is 0. The van der Waals surface area contributed by atoms with Gasteiger partial charge in [0.15, 0.2) is 0 Å².